The molecule has 76 heavy (non-hydrogen) atoms. The molecule has 0 aromatic rings. The van der Waals surface area contributed by atoms with E-state index in [1.54, 1.807) is 0 Å². The summed E-state index contributed by atoms with van der Waals surface area (Å²) in [6, 6.07) is 0. The van der Waals surface area contributed by atoms with Gasteiger partial charge < -0.3 is 109 Å². The van der Waals surface area contributed by atoms with E-state index in [1.165, 1.54) is 5.57 Å². The van der Waals surface area contributed by atoms with Crippen molar-refractivity contribution < 1.29 is 114 Å². The van der Waals surface area contributed by atoms with Crippen LogP contribution in [0.15, 0.2) is 11.6 Å². The van der Waals surface area contributed by atoms with E-state index in [4.69, 9.17) is 37.9 Å². The zero-order valence-corrected chi connectivity index (χ0v) is 44.4. The van der Waals surface area contributed by atoms with Crippen LogP contribution in [0, 0.1) is 50.2 Å². The first-order valence-electron chi connectivity index (χ1n) is 27.4. The Balaban J connectivity index is 0.912. The highest BCUT2D eigenvalue weighted by Crippen LogP contribution is 2.76. The lowest BCUT2D eigenvalue weighted by molar-refractivity contribution is -0.362. The van der Waals surface area contributed by atoms with Crippen molar-refractivity contribution in [1.82, 2.24) is 0 Å². The maximum atomic E-state index is 15.1. The van der Waals surface area contributed by atoms with Crippen molar-refractivity contribution >= 4 is 5.97 Å². The quantitative estimate of drug-likeness (QED) is 0.0549. The summed E-state index contributed by atoms with van der Waals surface area (Å²) in [6.45, 7) is 10.8. The molecular weight excluding hydrogens is 1000 g/mol. The topological polar surface area (TPSA) is 374 Å². The molecule has 8 fully saturated rings. The minimum absolute atomic E-state index is 0.0732. The first-order valence-corrected chi connectivity index (χ1v) is 27.4. The monoisotopic (exact) mass is 1090 g/mol. The van der Waals surface area contributed by atoms with Crippen molar-refractivity contribution in [3.8, 4) is 0 Å². The zero-order valence-electron chi connectivity index (χ0n) is 44.4. The van der Waals surface area contributed by atoms with Crippen LogP contribution in [-0.2, 0) is 42.7 Å². The molecule has 4 aliphatic heterocycles. The molecule has 4 saturated heterocycles. The maximum Gasteiger partial charge on any atom is 0.315 e. The van der Waals surface area contributed by atoms with Crippen LogP contribution >= 0.6 is 0 Å². The number of aliphatic hydroxyl groups is 14. The number of fused-ring (bicyclic) bond motifs is 7. The average molecular weight is 1090 g/mol. The summed E-state index contributed by atoms with van der Waals surface area (Å²) >= 11 is 0. The van der Waals surface area contributed by atoms with Gasteiger partial charge in [0.25, 0.3) is 0 Å². The summed E-state index contributed by atoms with van der Waals surface area (Å²) in [5.41, 5.74) is -1.82. The van der Waals surface area contributed by atoms with Crippen LogP contribution in [0.25, 0.3) is 0 Å². The molecule has 14 N–H and O–H groups in total. The van der Waals surface area contributed by atoms with E-state index in [2.05, 4.69) is 40.7 Å². The fourth-order valence-electron chi connectivity index (χ4n) is 16.2. The standard InChI is InChI=1S/C53H86O23/c1-48(2)13-15-53(47(68)76-46-40(66)36(62)34(60)28(73-46)21-70-43-39(65)35(61)33(59)26(18-54)71-43)16-14-51(5)23(24(53)17-48)7-8-30-49(3)11-10-31(50(4,22-56)29(49)9-12-52(30,51)6)74-45-41(67)37(63)42(27(19-55)72-45)75-44-38(64)32(58)25(57)20-69-44/h7,24-46,54-67H,8-22H2,1-6H3. The van der Waals surface area contributed by atoms with Crippen molar-refractivity contribution in [3.05, 3.63) is 11.6 Å². The molecule has 5 aliphatic carbocycles. The Labute approximate surface area is 442 Å². The summed E-state index contributed by atoms with van der Waals surface area (Å²) in [7, 11) is 0. The van der Waals surface area contributed by atoms with Crippen LogP contribution < -0.4 is 0 Å². The number of ether oxygens (including phenoxy) is 8. The van der Waals surface area contributed by atoms with Gasteiger partial charge in [0, 0.05) is 5.41 Å². The second-order valence-electron chi connectivity index (χ2n) is 25.7. The van der Waals surface area contributed by atoms with Crippen LogP contribution in [0.2, 0.25) is 0 Å². The highest BCUT2D eigenvalue weighted by Gasteiger charge is 2.71. The van der Waals surface area contributed by atoms with Gasteiger partial charge in [-0.05, 0) is 104 Å². The third-order valence-corrected chi connectivity index (χ3v) is 21.2. The predicted molar refractivity (Wildman–Crippen MR) is 258 cm³/mol. The Morgan fingerprint density at radius 3 is 1.88 bits per heavy atom. The van der Waals surface area contributed by atoms with Crippen LogP contribution in [-0.4, -0.2) is 233 Å². The van der Waals surface area contributed by atoms with Gasteiger partial charge in [-0.2, -0.15) is 0 Å². The molecule has 0 aromatic carbocycles. The Bertz CT molecular complexity index is 2080. The summed E-state index contributed by atoms with van der Waals surface area (Å²) < 4.78 is 46.9. The minimum atomic E-state index is -1.84. The number of aliphatic hydroxyl groups excluding tert-OH is 14. The van der Waals surface area contributed by atoms with Crippen molar-refractivity contribution in [1.29, 1.82) is 0 Å². The van der Waals surface area contributed by atoms with Gasteiger partial charge in [0.05, 0.1) is 44.6 Å². The normalized spacial score (nSPS) is 54.3. The molecule has 4 saturated carbocycles. The van der Waals surface area contributed by atoms with Crippen molar-refractivity contribution in [2.24, 2.45) is 50.2 Å². The van der Waals surface area contributed by atoms with Crippen molar-refractivity contribution in [2.75, 3.05) is 33.0 Å². The van der Waals surface area contributed by atoms with Gasteiger partial charge >= 0.3 is 5.97 Å². The number of carbonyl (C=O) groups excluding carboxylic acids is 1. The summed E-state index contributed by atoms with van der Waals surface area (Å²) in [5, 5.41) is 149. The zero-order chi connectivity index (χ0) is 55.4. The smallest absolute Gasteiger partial charge is 0.315 e. The maximum absolute atomic E-state index is 15.1. The van der Waals surface area contributed by atoms with Gasteiger partial charge in [0.15, 0.2) is 18.9 Å². The SMILES string of the molecule is CC1(C)CCC2(C(=O)OC3OC(COC4OC(CO)C(O)C(O)C4O)C(O)C(O)C3O)CCC3(C)C(=CCC4C5(C)CCC(OC6OC(CO)C(OC7OCC(O)C(O)C7O)C(O)C6O)C(C)(CO)C5CCC43C)C2C1. The van der Waals surface area contributed by atoms with Gasteiger partial charge in [-0.25, -0.2) is 0 Å². The number of allylic oxidation sites excluding steroid dienone is 2. The molecule has 23 nitrogen and oxygen atoms in total. The van der Waals surface area contributed by atoms with E-state index in [-0.39, 0.29) is 52.6 Å². The molecule has 9 rings (SSSR count). The first-order chi connectivity index (χ1) is 35.7. The van der Waals surface area contributed by atoms with Gasteiger partial charge in [-0.15, -0.1) is 0 Å². The molecule has 0 bridgehead atoms. The third-order valence-electron chi connectivity index (χ3n) is 21.2. The van der Waals surface area contributed by atoms with Crippen molar-refractivity contribution in [2.45, 2.75) is 229 Å². The minimum Gasteiger partial charge on any atom is -0.432 e. The average Bonchev–Trinajstić information content (AvgIpc) is 3.57. The summed E-state index contributed by atoms with van der Waals surface area (Å²) in [5.74, 6) is -0.800. The van der Waals surface area contributed by atoms with Crippen LogP contribution in [0.5, 0.6) is 0 Å². The molecular formula is C53H86O23. The van der Waals surface area contributed by atoms with Crippen molar-refractivity contribution in [3.63, 3.8) is 0 Å². The Kier molecular flexibility index (Phi) is 16.8. The number of hydrogen-bond acceptors (Lipinski definition) is 23. The van der Waals surface area contributed by atoms with Crippen LogP contribution in [0.1, 0.15) is 106 Å². The highest BCUT2D eigenvalue weighted by molar-refractivity contribution is 5.79. The molecule has 0 aromatic heterocycles. The fourth-order valence-corrected chi connectivity index (χ4v) is 16.2. The Morgan fingerprint density at radius 1 is 0.605 bits per heavy atom. The predicted octanol–water partition coefficient (Wildman–Crippen LogP) is -2.42. The van der Waals surface area contributed by atoms with Gasteiger partial charge in [0.1, 0.15) is 91.6 Å². The molecule has 4 heterocycles. The lowest BCUT2D eigenvalue weighted by Crippen LogP contribution is -2.67. The first kappa shape index (κ1) is 59.0. The molecule has 28 unspecified atom stereocenters. The van der Waals surface area contributed by atoms with Crippen LogP contribution in [0.3, 0.4) is 0 Å². The summed E-state index contributed by atoms with van der Waals surface area (Å²) in [6.07, 6.45) is -22.2. The number of hydrogen-bond donors (Lipinski definition) is 14. The lowest BCUT2D eigenvalue weighted by atomic mass is 9.33. The molecule has 28 atom stereocenters. The molecule has 0 amide bonds. The van der Waals surface area contributed by atoms with E-state index in [9.17, 15) is 71.5 Å². The van der Waals surface area contributed by atoms with E-state index >= 15 is 4.79 Å². The molecule has 23 heteroatoms. The van der Waals surface area contributed by atoms with E-state index in [0.717, 1.165) is 12.8 Å². The van der Waals surface area contributed by atoms with Gasteiger partial charge in [0.2, 0.25) is 6.29 Å². The van der Waals surface area contributed by atoms with E-state index in [0.29, 0.717) is 51.4 Å². The Morgan fingerprint density at radius 2 is 1.21 bits per heavy atom. The molecule has 9 aliphatic rings. The second-order valence-corrected chi connectivity index (χ2v) is 25.7. The molecule has 436 valence electrons. The largest absolute Gasteiger partial charge is 0.432 e. The van der Waals surface area contributed by atoms with Crippen LogP contribution in [0.4, 0.5) is 0 Å². The number of esters is 1. The fraction of sp³-hybridized carbons (Fsp3) is 0.943. The summed E-state index contributed by atoms with van der Waals surface area (Å²) in [4.78, 5) is 15.1. The molecule has 0 spiro atoms. The van der Waals surface area contributed by atoms with Gasteiger partial charge in [-0.1, -0.05) is 53.2 Å². The number of rotatable bonds is 12. The molecule has 0 radical (unpaired) electrons. The Hall–Kier alpha value is -1.63. The van der Waals surface area contributed by atoms with E-state index < -0.39 is 159 Å². The van der Waals surface area contributed by atoms with Gasteiger partial charge in [-0.3, -0.25) is 4.79 Å². The van der Waals surface area contributed by atoms with E-state index in [1.807, 2.05) is 6.92 Å². The third kappa shape index (κ3) is 9.56. The highest BCUT2D eigenvalue weighted by atomic mass is 16.8. The lowest BCUT2D eigenvalue weighted by Gasteiger charge is -2.71. The second kappa shape index (κ2) is 21.6. The number of carbonyl (C=O) groups is 1.